The highest BCUT2D eigenvalue weighted by Crippen LogP contribution is 2.37. The number of hydrogen-bond acceptors (Lipinski definition) is 6. The molecule has 0 saturated heterocycles. The molecule has 4 amide bonds. The average molecular weight is 499 g/mol. The van der Waals surface area contributed by atoms with Gasteiger partial charge in [-0.05, 0) is 63.5 Å². The first-order chi connectivity index (χ1) is 15.8. The molecule has 0 atom stereocenters. The maximum atomic E-state index is 13.2. The summed E-state index contributed by atoms with van der Waals surface area (Å²) in [6.07, 6.45) is 0. The highest BCUT2D eigenvalue weighted by Gasteiger charge is 2.39. The lowest BCUT2D eigenvalue weighted by Crippen LogP contribution is -2.45. The molecule has 2 aliphatic rings. The minimum Gasteiger partial charge on any atom is -0.416 e. The van der Waals surface area contributed by atoms with Gasteiger partial charge in [-0.2, -0.15) is 0 Å². The molecule has 0 aliphatic carbocycles. The molecule has 0 aromatic heterocycles. The first-order valence-corrected chi connectivity index (χ1v) is 18.2. The molecule has 2 aliphatic heterocycles. The van der Waals surface area contributed by atoms with Crippen molar-refractivity contribution < 1.29 is 28.0 Å². The zero-order chi connectivity index (χ0) is 25.0. The smallest absolute Gasteiger partial charge is 0.261 e. The van der Waals surface area contributed by atoms with Crippen LogP contribution in [0.1, 0.15) is 41.4 Å². The van der Waals surface area contributed by atoms with Crippen LogP contribution in [0, 0.1) is 0 Å². The van der Waals surface area contributed by atoms with E-state index in [0.29, 0.717) is 33.0 Å². The summed E-state index contributed by atoms with van der Waals surface area (Å²) in [6, 6.07) is 6.32. The summed E-state index contributed by atoms with van der Waals surface area (Å²) in [5, 5.41) is 0.763. The monoisotopic (exact) mass is 498 g/mol. The lowest BCUT2D eigenvalue weighted by atomic mass is 9.86. The maximum absolute atomic E-state index is 13.2. The van der Waals surface area contributed by atoms with Gasteiger partial charge in [-0.1, -0.05) is 0 Å². The van der Waals surface area contributed by atoms with Gasteiger partial charge in [0.2, 0.25) is 0 Å². The summed E-state index contributed by atoms with van der Waals surface area (Å²) in [5.74, 6) is -1.75. The lowest BCUT2D eigenvalue weighted by Gasteiger charge is -2.32. The van der Waals surface area contributed by atoms with E-state index in [1.54, 1.807) is 24.3 Å². The molecule has 0 unspecified atom stereocenters. The van der Waals surface area contributed by atoms with E-state index in [9.17, 15) is 19.2 Å². The fourth-order valence-electron chi connectivity index (χ4n) is 4.27. The van der Waals surface area contributed by atoms with Gasteiger partial charge in [0.05, 0.1) is 26.3 Å². The molecular weight excluding hydrogens is 468 g/mol. The van der Waals surface area contributed by atoms with E-state index in [-0.39, 0.29) is 26.3 Å². The van der Waals surface area contributed by atoms with E-state index in [0.717, 1.165) is 0 Å². The number of carbonyl (C=O) groups is 4. The lowest BCUT2D eigenvalue weighted by molar-refractivity contribution is 0.0565. The minimum absolute atomic E-state index is 0.148. The Labute approximate surface area is 201 Å². The van der Waals surface area contributed by atoms with Crippen molar-refractivity contribution in [2.45, 2.75) is 39.3 Å². The Morgan fingerprint density at radius 1 is 0.559 bits per heavy atom. The number of nitrogens with zero attached hydrogens (tertiary/aromatic N) is 2. The third-order valence-corrected chi connectivity index (χ3v) is 7.90. The number of amides is 4. The van der Waals surface area contributed by atoms with E-state index in [2.05, 4.69) is 0 Å². The minimum atomic E-state index is -1.80. The normalized spacial score (nSPS) is 16.2. The molecule has 0 N–H and O–H groups in total. The summed E-state index contributed by atoms with van der Waals surface area (Å²) in [7, 11) is -3.59. The van der Waals surface area contributed by atoms with Gasteiger partial charge in [0, 0.05) is 33.0 Å². The van der Waals surface area contributed by atoms with Crippen molar-refractivity contribution in [1.29, 1.82) is 0 Å². The van der Waals surface area contributed by atoms with Crippen molar-refractivity contribution >= 4 is 51.0 Å². The Morgan fingerprint density at radius 2 is 0.824 bits per heavy atom. The van der Waals surface area contributed by atoms with Gasteiger partial charge in [-0.3, -0.25) is 29.0 Å². The van der Waals surface area contributed by atoms with Crippen LogP contribution in [-0.4, -0.2) is 76.4 Å². The number of carbonyl (C=O) groups excluding carboxylic acids is 4. The molecule has 8 nitrogen and oxygen atoms in total. The van der Waals surface area contributed by atoms with Crippen LogP contribution in [0.15, 0.2) is 24.3 Å². The topological polar surface area (TPSA) is 93.2 Å². The molecule has 0 fully saturated rings. The number of rotatable bonds is 8. The van der Waals surface area contributed by atoms with Crippen LogP contribution in [0.5, 0.6) is 0 Å². The van der Waals surface area contributed by atoms with Gasteiger partial charge < -0.3 is 8.85 Å². The largest absolute Gasteiger partial charge is 0.416 e. The van der Waals surface area contributed by atoms with Gasteiger partial charge in [0.1, 0.15) is 0 Å². The van der Waals surface area contributed by atoms with E-state index < -0.39 is 40.3 Å². The Hall–Kier alpha value is -2.67. The zero-order valence-electron chi connectivity index (χ0n) is 20.5. The van der Waals surface area contributed by atoms with Crippen molar-refractivity contribution in [3.63, 3.8) is 0 Å². The van der Waals surface area contributed by atoms with Gasteiger partial charge in [-0.15, -0.1) is 0 Å². The van der Waals surface area contributed by atoms with Crippen molar-refractivity contribution in [2.24, 2.45) is 0 Å². The standard InChI is InChI=1S/C24H30N2O6Si2/c1-33(2,3)31-13-11-25-21(27)15-7-9-17-20-18(10-8-16(19(15)20)22(25)28)24(30)26(23(17)29)12-14-32-34(4,5)6/h7-10H,11-14H2,1-6H3. The molecular formula is C24H30N2O6Si2. The van der Waals surface area contributed by atoms with Gasteiger partial charge in [-0.25, -0.2) is 0 Å². The molecule has 2 aromatic rings. The highest BCUT2D eigenvalue weighted by molar-refractivity contribution is 6.70. The molecule has 180 valence electrons. The van der Waals surface area contributed by atoms with Crippen LogP contribution in [0.4, 0.5) is 0 Å². The second-order valence-corrected chi connectivity index (χ2v) is 19.5. The Morgan fingerprint density at radius 3 is 1.06 bits per heavy atom. The van der Waals surface area contributed by atoms with Crippen molar-refractivity contribution in [3.05, 3.63) is 46.5 Å². The maximum Gasteiger partial charge on any atom is 0.261 e. The van der Waals surface area contributed by atoms with Crippen LogP contribution < -0.4 is 0 Å². The molecule has 34 heavy (non-hydrogen) atoms. The first kappa shape index (κ1) is 24.5. The second-order valence-electron chi connectivity index (χ2n) is 10.5. The summed E-state index contributed by atoms with van der Waals surface area (Å²) in [6.45, 7) is 13.1. The Bertz CT molecular complexity index is 1060. The predicted molar refractivity (Wildman–Crippen MR) is 133 cm³/mol. The SMILES string of the molecule is C[Si](C)(C)OCCN1C(=O)c2ccc3c4c(ccc(c24)C1=O)C(=O)N(CCO[Si](C)(C)C)C3=O. The quantitative estimate of drug-likeness (QED) is 0.407. The van der Waals surface area contributed by atoms with E-state index >= 15 is 0 Å². The van der Waals surface area contributed by atoms with Gasteiger partial charge in [0.15, 0.2) is 16.6 Å². The number of imide groups is 2. The van der Waals surface area contributed by atoms with Crippen LogP contribution >= 0.6 is 0 Å². The third-order valence-electron chi connectivity index (χ3n) is 5.76. The number of hydrogen-bond donors (Lipinski definition) is 0. The van der Waals surface area contributed by atoms with Gasteiger partial charge in [0.25, 0.3) is 23.6 Å². The molecule has 0 radical (unpaired) electrons. The Kier molecular flexibility index (Phi) is 6.13. The fourth-order valence-corrected chi connectivity index (χ4v) is 5.67. The molecule has 10 heteroatoms. The summed E-state index contributed by atoms with van der Waals surface area (Å²) in [4.78, 5) is 55.3. The van der Waals surface area contributed by atoms with Crippen LogP contribution in [0.2, 0.25) is 39.3 Å². The van der Waals surface area contributed by atoms with Crippen molar-refractivity contribution in [3.8, 4) is 0 Å². The Balaban J connectivity index is 1.70. The third kappa shape index (κ3) is 4.38. The van der Waals surface area contributed by atoms with E-state index in [1.165, 1.54) is 9.80 Å². The summed E-state index contributed by atoms with van der Waals surface area (Å²) < 4.78 is 11.7. The molecule has 4 rings (SSSR count). The van der Waals surface area contributed by atoms with Crippen molar-refractivity contribution in [1.82, 2.24) is 9.80 Å². The summed E-state index contributed by atoms with van der Waals surface area (Å²) in [5.41, 5.74) is 1.28. The highest BCUT2D eigenvalue weighted by atomic mass is 28.4. The molecule has 2 aromatic carbocycles. The molecule has 2 heterocycles. The fraction of sp³-hybridized carbons (Fsp3) is 0.417. The van der Waals surface area contributed by atoms with Gasteiger partial charge >= 0.3 is 0 Å². The zero-order valence-corrected chi connectivity index (χ0v) is 22.5. The first-order valence-electron chi connectivity index (χ1n) is 11.4. The van der Waals surface area contributed by atoms with Crippen LogP contribution in [-0.2, 0) is 8.85 Å². The summed E-state index contributed by atoms with van der Waals surface area (Å²) >= 11 is 0. The van der Waals surface area contributed by atoms with E-state index in [4.69, 9.17) is 8.85 Å². The molecule has 0 saturated carbocycles. The van der Waals surface area contributed by atoms with Crippen molar-refractivity contribution in [2.75, 3.05) is 26.3 Å². The average Bonchev–Trinajstić information content (AvgIpc) is 2.73. The number of benzene rings is 2. The van der Waals surface area contributed by atoms with Crippen LogP contribution in [0.25, 0.3) is 10.8 Å². The predicted octanol–water partition coefficient (Wildman–Crippen LogP) is 3.73. The molecule has 0 spiro atoms. The second kappa shape index (κ2) is 8.52. The van der Waals surface area contributed by atoms with E-state index in [1.807, 2.05) is 39.3 Å². The molecule has 0 bridgehead atoms. The van der Waals surface area contributed by atoms with Crippen LogP contribution in [0.3, 0.4) is 0 Å².